The van der Waals surface area contributed by atoms with Crippen LogP contribution in [0.2, 0.25) is 0 Å². The first-order valence-electron chi connectivity index (χ1n) is 9.11. The third-order valence-corrected chi connectivity index (χ3v) is 4.26. The van der Waals surface area contributed by atoms with Crippen molar-refractivity contribution in [2.45, 2.75) is 64.2 Å². The molecule has 0 aliphatic heterocycles. The Hall–Kier alpha value is -2.34. The van der Waals surface area contributed by atoms with Gasteiger partial charge in [-0.05, 0) is 25.7 Å². The van der Waals surface area contributed by atoms with Crippen LogP contribution in [0.5, 0.6) is 0 Å². The SMILES string of the molecule is CC(C)CC(NC(=O)C(CS)NC(=O)C(N)CCC(=O)O)C(=O)NC(C)C(=O)O. The van der Waals surface area contributed by atoms with Crippen LogP contribution in [-0.4, -0.2) is 69.8 Å². The molecule has 29 heavy (non-hydrogen) atoms. The van der Waals surface area contributed by atoms with Gasteiger partial charge in [0.2, 0.25) is 17.7 Å². The predicted molar refractivity (Wildman–Crippen MR) is 107 cm³/mol. The van der Waals surface area contributed by atoms with E-state index in [9.17, 15) is 24.0 Å². The highest BCUT2D eigenvalue weighted by atomic mass is 32.1. The number of carbonyl (C=O) groups excluding carboxylic acids is 3. The minimum atomic E-state index is -1.22. The number of hydrogen-bond donors (Lipinski definition) is 7. The van der Waals surface area contributed by atoms with Gasteiger partial charge in [-0.3, -0.25) is 24.0 Å². The number of carboxylic acids is 2. The Balaban J connectivity index is 5.04. The minimum absolute atomic E-state index is 0.0136. The van der Waals surface area contributed by atoms with E-state index in [-0.39, 0.29) is 30.9 Å². The van der Waals surface area contributed by atoms with Gasteiger partial charge in [-0.1, -0.05) is 13.8 Å². The summed E-state index contributed by atoms with van der Waals surface area (Å²) >= 11 is 4.02. The normalized spacial score (nSPS) is 15.0. The summed E-state index contributed by atoms with van der Waals surface area (Å²) in [6.45, 7) is 4.95. The fraction of sp³-hybridized carbons (Fsp3) is 0.706. The van der Waals surface area contributed by atoms with Crippen LogP contribution in [0, 0.1) is 5.92 Å². The van der Waals surface area contributed by atoms with Gasteiger partial charge in [0, 0.05) is 12.2 Å². The van der Waals surface area contributed by atoms with Gasteiger partial charge in [-0.2, -0.15) is 12.6 Å². The Kier molecular flexibility index (Phi) is 11.9. The summed E-state index contributed by atoms with van der Waals surface area (Å²) in [5.74, 6) is -4.47. The summed E-state index contributed by atoms with van der Waals surface area (Å²) in [6, 6.07) is -4.38. The summed E-state index contributed by atoms with van der Waals surface area (Å²) in [7, 11) is 0. The van der Waals surface area contributed by atoms with E-state index < -0.39 is 53.8 Å². The number of rotatable bonds is 13. The quantitative estimate of drug-likeness (QED) is 0.174. The smallest absolute Gasteiger partial charge is 0.325 e. The maximum absolute atomic E-state index is 12.5. The molecule has 0 aliphatic carbocycles. The van der Waals surface area contributed by atoms with E-state index in [1.807, 2.05) is 13.8 Å². The van der Waals surface area contributed by atoms with Gasteiger partial charge in [0.1, 0.15) is 18.1 Å². The number of amides is 3. The Bertz CT molecular complexity index is 615. The lowest BCUT2D eigenvalue weighted by molar-refractivity contribution is -0.142. The van der Waals surface area contributed by atoms with Crippen molar-refractivity contribution < 1.29 is 34.2 Å². The van der Waals surface area contributed by atoms with Crippen LogP contribution < -0.4 is 21.7 Å². The highest BCUT2D eigenvalue weighted by Crippen LogP contribution is 2.06. The number of thiol groups is 1. The lowest BCUT2D eigenvalue weighted by Crippen LogP contribution is -2.57. The molecule has 0 spiro atoms. The molecule has 0 aliphatic rings. The van der Waals surface area contributed by atoms with Gasteiger partial charge in [0.25, 0.3) is 0 Å². The molecule has 0 aromatic heterocycles. The fourth-order valence-electron chi connectivity index (χ4n) is 2.23. The third kappa shape index (κ3) is 10.7. The molecule has 0 rings (SSSR count). The summed E-state index contributed by atoms with van der Waals surface area (Å²) in [6.07, 6.45) is -0.159. The molecule has 0 aromatic carbocycles. The van der Waals surface area contributed by atoms with Gasteiger partial charge in [-0.15, -0.1) is 0 Å². The first-order valence-corrected chi connectivity index (χ1v) is 9.74. The number of nitrogens with one attached hydrogen (secondary N) is 3. The van der Waals surface area contributed by atoms with E-state index in [4.69, 9.17) is 15.9 Å². The van der Waals surface area contributed by atoms with Crippen LogP contribution in [0.15, 0.2) is 0 Å². The average molecular weight is 435 g/mol. The van der Waals surface area contributed by atoms with E-state index in [0.717, 1.165) is 0 Å². The first-order chi connectivity index (χ1) is 13.4. The first kappa shape index (κ1) is 26.7. The summed E-state index contributed by atoms with van der Waals surface area (Å²) in [5, 5.41) is 24.7. The van der Waals surface area contributed by atoms with Crippen LogP contribution >= 0.6 is 12.6 Å². The van der Waals surface area contributed by atoms with Crippen molar-refractivity contribution >= 4 is 42.3 Å². The number of carboxylic acid groups (broad SMARTS) is 2. The van der Waals surface area contributed by atoms with E-state index in [0.29, 0.717) is 0 Å². The molecule has 0 bridgehead atoms. The van der Waals surface area contributed by atoms with Crippen molar-refractivity contribution in [1.29, 1.82) is 0 Å². The lowest BCUT2D eigenvalue weighted by Gasteiger charge is -2.24. The molecule has 0 heterocycles. The molecule has 0 radical (unpaired) electrons. The topological polar surface area (TPSA) is 188 Å². The largest absolute Gasteiger partial charge is 0.481 e. The Morgan fingerprint density at radius 1 is 0.897 bits per heavy atom. The molecule has 11 nitrogen and oxygen atoms in total. The average Bonchev–Trinajstić information content (AvgIpc) is 2.62. The third-order valence-electron chi connectivity index (χ3n) is 3.89. The molecule has 0 saturated heterocycles. The van der Waals surface area contributed by atoms with Crippen LogP contribution in [0.3, 0.4) is 0 Å². The van der Waals surface area contributed by atoms with E-state index in [2.05, 4.69) is 28.6 Å². The summed E-state index contributed by atoms with van der Waals surface area (Å²) in [4.78, 5) is 58.4. The number of nitrogens with two attached hydrogens (primary N) is 1. The summed E-state index contributed by atoms with van der Waals surface area (Å²) in [5.41, 5.74) is 5.62. The number of hydrogen-bond acceptors (Lipinski definition) is 7. The highest BCUT2D eigenvalue weighted by Gasteiger charge is 2.29. The van der Waals surface area contributed by atoms with Gasteiger partial charge < -0.3 is 31.9 Å². The van der Waals surface area contributed by atoms with Crippen LogP contribution in [0.4, 0.5) is 0 Å². The van der Waals surface area contributed by atoms with Crippen molar-refractivity contribution in [3.05, 3.63) is 0 Å². The zero-order valence-electron chi connectivity index (χ0n) is 16.7. The minimum Gasteiger partial charge on any atom is -0.481 e. The second-order valence-electron chi connectivity index (χ2n) is 7.04. The van der Waals surface area contributed by atoms with Gasteiger partial charge in [0.15, 0.2) is 0 Å². The Labute approximate surface area is 174 Å². The lowest BCUT2D eigenvalue weighted by atomic mass is 10.0. The zero-order valence-corrected chi connectivity index (χ0v) is 17.6. The van der Waals surface area contributed by atoms with Gasteiger partial charge >= 0.3 is 11.9 Å². The molecule has 0 saturated carbocycles. The summed E-state index contributed by atoms with van der Waals surface area (Å²) < 4.78 is 0. The molecule has 166 valence electrons. The van der Waals surface area contributed by atoms with Crippen LogP contribution in [0.1, 0.15) is 40.0 Å². The molecule has 4 atom stereocenters. The van der Waals surface area contributed by atoms with E-state index >= 15 is 0 Å². The van der Waals surface area contributed by atoms with Crippen molar-refractivity contribution in [2.24, 2.45) is 11.7 Å². The fourth-order valence-corrected chi connectivity index (χ4v) is 2.49. The second kappa shape index (κ2) is 13.0. The molecular weight excluding hydrogens is 404 g/mol. The number of aliphatic carboxylic acids is 2. The monoisotopic (exact) mass is 434 g/mol. The van der Waals surface area contributed by atoms with Gasteiger partial charge in [0.05, 0.1) is 6.04 Å². The standard InChI is InChI=1S/C17H30N4O7S/c1-8(2)6-11(15(25)19-9(3)17(27)28)20-16(26)12(7-29)21-14(24)10(18)4-5-13(22)23/h8-12,29H,4-7,18H2,1-3H3,(H,19,25)(H,20,26)(H,21,24)(H,22,23)(H,27,28). The zero-order chi connectivity index (χ0) is 22.7. The molecule has 0 fully saturated rings. The maximum atomic E-state index is 12.5. The number of carbonyl (C=O) groups is 5. The second-order valence-corrected chi connectivity index (χ2v) is 7.41. The van der Waals surface area contributed by atoms with Crippen molar-refractivity contribution in [3.8, 4) is 0 Å². The van der Waals surface area contributed by atoms with E-state index in [1.165, 1.54) is 6.92 Å². The molecule has 7 N–H and O–H groups in total. The molecular formula is C17H30N4O7S. The van der Waals surface area contributed by atoms with Gasteiger partial charge in [-0.25, -0.2) is 0 Å². The van der Waals surface area contributed by atoms with Crippen molar-refractivity contribution in [1.82, 2.24) is 16.0 Å². The maximum Gasteiger partial charge on any atom is 0.325 e. The predicted octanol–water partition coefficient (Wildman–Crippen LogP) is -1.29. The molecule has 12 heteroatoms. The Morgan fingerprint density at radius 3 is 1.86 bits per heavy atom. The van der Waals surface area contributed by atoms with Crippen LogP contribution in [-0.2, 0) is 24.0 Å². The molecule has 3 amide bonds. The highest BCUT2D eigenvalue weighted by molar-refractivity contribution is 7.80. The molecule has 4 unspecified atom stereocenters. The van der Waals surface area contributed by atoms with Crippen molar-refractivity contribution in [3.63, 3.8) is 0 Å². The Morgan fingerprint density at radius 2 is 1.41 bits per heavy atom. The molecule has 0 aromatic rings. The van der Waals surface area contributed by atoms with Crippen molar-refractivity contribution in [2.75, 3.05) is 5.75 Å². The van der Waals surface area contributed by atoms with E-state index in [1.54, 1.807) is 0 Å². The van der Waals surface area contributed by atoms with Crippen LogP contribution in [0.25, 0.3) is 0 Å².